The van der Waals surface area contributed by atoms with Crippen molar-refractivity contribution in [3.8, 4) is 17.3 Å². The van der Waals surface area contributed by atoms with Crippen LogP contribution in [0.4, 0.5) is 14.5 Å². The number of amides is 1. The van der Waals surface area contributed by atoms with Crippen molar-refractivity contribution in [2.75, 3.05) is 11.2 Å². The summed E-state index contributed by atoms with van der Waals surface area (Å²) in [6, 6.07) is 9.00. The number of anilines is 1. The topological polar surface area (TPSA) is 108 Å². The van der Waals surface area contributed by atoms with E-state index < -0.39 is 11.9 Å². The van der Waals surface area contributed by atoms with E-state index in [0.29, 0.717) is 22.4 Å². The molecular formula is C16H15F2N5O3S. The summed E-state index contributed by atoms with van der Waals surface area (Å²) in [4.78, 5) is 12.3. The number of ether oxygens (including phenoxy) is 1. The predicted octanol–water partition coefficient (Wildman–Crippen LogP) is 2.97. The molecule has 1 unspecified atom stereocenters. The van der Waals surface area contributed by atoms with Crippen LogP contribution in [0.3, 0.4) is 0 Å². The van der Waals surface area contributed by atoms with Crippen molar-refractivity contribution < 1.29 is 22.7 Å². The van der Waals surface area contributed by atoms with Crippen molar-refractivity contribution in [2.45, 2.75) is 23.9 Å². The van der Waals surface area contributed by atoms with Gasteiger partial charge in [-0.1, -0.05) is 11.8 Å². The maximum absolute atomic E-state index is 12.3. The monoisotopic (exact) mass is 395 g/mol. The minimum atomic E-state index is -2.90. The zero-order chi connectivity index (χ0) is 19.4. The lowest BCUT2D eigenvalue weighted by atomic mass is 10.3. The number of benzene rings is 1. The first-order valence-corrected chi connectivity index (χ1v) is 8.59. The Balaban J connectivity index is 1.61. The maximum atomic E-state index is 12.3. The lowest BCUT2D eigenvalue weighted by molar-refractivity contribution is -0.115. The number of carbonyl (C=O) groups is 1. The molecule has 3 aromatic rings. The number of hydrogen-bond acceptors (Lipinski definition) is 7. The molecule has 3 rings (SSSR count). The minimum absolute atomic E-state index is 0.00658. The molecular weight excluding hydrogens is 380 g/mol. The Hall–Kier alpha value is -3.08. The summed E-state index contributed by atoms with van der Waals surface area (Å²) in [5.41, 5.74) is 0.444. The van der Waals surface area contributed by atoms with Crippen LogP contribution in [0, 0.1) is 0 Å². The number of nitrogen functional groups attached to an aromatic ring is 1. The molecule has 0 radical (unpaired) electrons. The zero-order valence-electron chi connectivity index (χ0n) is 14.0. The summed E-state index contributed by atoms with van der Waals surface area (Å²) in [5.74, 6) is 6.44. The summed E-state index contributed by atoms with van der Waals surface area (Å²) >= 11 is 1.11. The molecule has 142 valence electrons. The Kier molecular flexibility index (Phi) is 5.60. The third kappa shape index (κ3) is 4.56. The van der Waals surface area contributed by atoms with Crippen molar-refractivity contribution in [3.63, 3.8) is 0 Å². The van der Waals surface area contributed by atoms with Gasteiger partial charge in [0.1, 0.15) is 5.75 Å². The average Bonchev–Trinajstić information content (AvgIpc) is 3.27. The van der Waals surface area contributed by atoms with Crippen LogP contribution in [0.1, 0.15) is 6.92 Å². The number of furan rings is 1. The van der Waals surface area contributed by atoms with Gasteiger partial charge in [0.25, 0.3) is 0 Å². The van der Waals surface area contributed by atoms with Crippen LogP contribution in [-0.4, -0.2) is 32.6 Å². The number of rotatable bonds is 7. The van der Waals surface area contributed by atoms with E-state index in [9.17, 15) is 13.6 Å². The van der Waals surface area contributed by atoms with Gasteiger partial charge >= 0.3 is 6.61 Å². The molecule has 2 heterocycles. The fourth-order valence-electron chi connectivity index (χ4n) is 2.11. The maximum Gasteiger partial charge on any atom is 0.387 e. The van der Waals surface area contributed by atoms with Gasteiger partial charge in [0, 0.05) is 5.69 Å². The van der Waals surface area contributed by atoms with Gasteiger partial charge in [0.05, 0.1) is 11.5 Å². The summed E-state index contributed by atoms with van der Waals surface area (Å²) in [5, 5.41) is 10.4. The first kappa shape index (κ1) is 18.7. The zero-order valence-corrected chi connectivity index (χ0v) is 14.8. The Labute approximate surface area is 156 Å². The van der Waals surface area contributed by atoms with Crippen LogP contribution in [0.15, 0.2) is 52.2 Å². The highest BCUT2D eigenvalue weighted by molar-refractivity contribution is 8.00. The molecule has 0 saturated carbocycles. The smallest absolute Gasteiger partial charge is 0.387 e. The number of nitrogens with zero attached hydrogens (tertiary/aromatic N) is 3. The molecule has 0 saturated heterocycles. The van der Waals surface area contributed by atoms with E-state index in [1.807, 2.05) is 0 Å². The van der Waals surface area contributed by atoms with Gasteiger partial charge in [-0.3, -0.25) is 4.79 Å². The highest BCUT2D eigenvalue weighted by atomic mass is 32.2. The van der Waals surface area contributed by atoms with Crippen molar-refractivity contribution in [1.82, 2.24) is 14.9 Å². The number of alkyl halides is 2. The first-order valence-electron chi connectivity index (χ1n) is 7.71. The number of carbonyl (C=O) groups excluding carboxylic acids is 1. The highest BCUT2D eigenvalue weighted by Gasteiger charge is 2.21. The lowest BCUT2D eigenvalue weighted by Crippen LogP contribution is -2.23. The predicted molar refractivity (Wildman–Crippen MR) is 94.9 cm³/mol. The van der Waals surface area contributed by atoms with E-state index >= 15 is 0 Å². The second-order valence-electron chi connectivity index (χ2n) is 5.31. The lowest BCUT2D eigenvalue weighted by Gasteiger charge is -2.12. The molecule has 0 aliphatic rings. The summed E-state index contributed by atoms with van der Waals surface area (Å²) in [6.45, 7) is -1.23. The Morgan fingerprint density at radius 3 is 2.67 bits per heavy atom. The Bertz CT molecular complexity index is 899. The standard InChI is InChI=1S/C16H15F2N5O3S/c1-9(14(24)20-10-4-6-11(7-5-10)26-15(17)18)27-16-22-21-13(23(16)19)12-3-2-8-25-12/h2-9,15H,19H2,1H3,(H,20,24). The van der Waals surface area contributed by atoms with E-state index in [2.05, 4.69) is 20.3 Å². The van der Waals surface area contributed by atoms with Gasteiger partial charge in [-0.05, 0) is 43.3 Å². The Morgan fingerprint density at radius 2 is 2.04 bits per heavy atom. The molecule has 11 heteroatoms. The van der Waals surface area contributed by atoms with Crippen LogP contribution < -0.4 is 15.9 Å². The van der Waals surface area contributed by atoms with Crippen LogP contribution in [0.5, 0.6) is 5.75 Å². The van der Waals surface area contributed by atoms with Crippen molar-refractivity contribution >= 4 is 23.4 Å². The molecule has 8 nitrogen and oxygen atoms in total. The number of nitrogens with one attached hydrogen (secondary N) is 1. The fraction of sp³-hybridized carbons (Fsp3) is 0.188. The largest absolute Gasteiger partial charge is 0.461 e. The number of thioether (sulfide) groups is 1. The van der Waals surface area contributed by atoms with Gasteiger partial charge in [-0.25, -0.2) is 4.68 Å². The number of halogens is 2. The highest BCUT2D eigenvalue weighted by Crippen LogP contribution is 2.26. The molecule has 1 aromatic carbocycles. The second-order valence-corrected chi connectivity index (χ2v) is 6.61. The third-order valence-electron chi connectivity index (χ3n) is 3.40. The molecule has 2 aromatic heterocycles. The van der Waals surface area contributed by atoms with E-state index in [4.69, 9.17) is 10.3 Å². The van der Waals surface area contributed by atoms with Crippen molar-refractivity contribution in [3.05, 3.63) is 42.7 Å². The van der Waals surface area contributed by atoms with Crippen LogP contribution >= 0.6 is 11.8 Å². The second kappa shape index (κ2) is 8.08. The van der Waals surface area contributed by atoms with Crippen molar-refractivity contribution in [1.29, 1.82) is 0 Å². The van der Waals surface area contributed by atoms with Crippen LogP contribution in [-0.2, 0) is 4.79 Å². The molecule has 0 fully saturated rings. The number of aromatic nitrogens is 3. The normalized spacial score (nSPS) is 12.1. The third-order valence-corrected chi connectivity index (χ3v) is 4.46. The van der Waals surface area contributed by atoms with Crippen LogP contribution in [0.25, 0.3) is 11.6 Å². The van der Waals surface area contributed by atoms with Gasteiger partial charge < -0.3 is 20.3 Å². The molecule has 0 bridgehead atoms. The van der Waals surface area contributed by atoms with Crippen molar-refractivity contribution in [2.24, 2.45) is 0 Å². The molecule has 0 aliphatic heterocycles. The quantitative estimate of drug-likeness (QED) is 0.468. The van der Waals surface area contributed by atoms with Gasteiger partial charge in [-0.2, -0.15) is 8.78 Å². The Morgan fingerprint density at radius 1 is 1.30 bits per heavy atom. The number of hydrogen-bond donors (Lipinski definition) is 2. The summed E-state index contributed by atoms with van der Waals surface area (Å²) < 4.78 is 35.0. The van der Waals surface area contributed by atoms with E-state index in [-0.39, 0.29) is 11.7 Å². The van der Waals surface area contributed by atoms with Gasteiger partial charge in [-0.15, -0.1) is 10.2 Å². The molecule has 3 N–H and O–H groups in total. The molecule has 1 atom stereocenters. The first-order chi connectivity index (χ1) is 12.9. The minimum Gasteiger partial charge on any atom is -0.461 e. The fourth-order valence-corrected chi connectivity index (χ4v) is 2.88. The molecule has 0 spiro atoms. The molecule has 0 aliphatic carbocycles. The molecule has 1 amide bonds. The van der Waals surface area contributed by atoms with Crippen LogP contribution in [0.2, 0.25) is 0 Å². The summed E-state index contributed by atoms with van der Waals surface area (Å²) in [7, 11) is 0. The summed E-state index contributed by atoms with van der Waals surface area (Å²) in [6.07, 6.45) is 1.49. The van der Waals surface area contributed by atoms with Gasteiger partial charge in [0.2, 0.25) is 16.9 Å². The number of nitrogens with two attached hydrogens (primary N) is 1. The van der Waals surface area contributed by atoms with E-state index in [1.165, 1.54) is 35.2 Å². The molecule has 27 heavy (non-hydrogen) atoms. The van der Waals surface area contributed by atoms with E-state index in [0.717, 1.165) is 11.8 Å². The van der Waals surface area contributed by atoms with Gasteiger partial charge in [0.15, 0.2) is 5.76 Å². The SMILES string of the molecule is CC(Sc1nnc(-c2ccco2)n1N)C(=O)Nc1ccc(OC(F)F)cc1. The van der Waals surface area contributed by atoms with E-state index in [1.54, 1.807) is 19.1 Å². The average molecular weight is 395 g/mol.